The van der Waals surface area contributed by atoms with Crippen molar-refractivity contribution >= 4 is 12.1 Å². The highest BCUT2D eigenvalue weighted by Gasteiger charge is 2.72. The molecule has 0 saturated heterocycles. The first-order valence-electron chi connectivity index (χ1n) is 8.04. The number of aliphatic hydroxyl groups excluding tert-OH is 1. The van der Waals surface area contributed by atoms with E-state index in [1.165, 1.54) is 0 Å². The molecule has 1 aromatic rings. The van der Waals surface area contributed by atoms with Crippen LogP contribution in [0, 0.1) is 16.2 Å². The Hall–Kier alpha value is -1.88. The number of amides is 1. The van der Waals surface area contributed by atoms with Gasteiger partial charge in [-0.05, 0) is 59.9 Å². The summed E-state index contributed by atoms with van der Waals surface area (Å²) >= 11 is 0. The Morgan fingerprint density at radius 1 is 1.26 bits per heavy atom. The van der Waals surface area contributed by atoms with E-state index in [2.05, 4.69) is 31.3 Å². The van der Waals surface area contributed by atoms with E-state index in [9.17, 15) is 15.0 Å². The van der Waals surface area contributed by atoms with E-state index < -0.39 is 11.5 Å². The number of carbonyl (C=O) groups excluding carboxylic acids is 1. The molecule has 124 valence electrons. The summed E-state index contributed by atoms with van der Waals surface area (Å²) in [5.41, 5.74) is 2.40. The molecule has 5 nitrogen and oxygen atoms in total. The molecule has 3 rings (SSSR count). The predicted molar refractivity (Wildman–Crippen MR) is 88.0 cm³/mol. The summed E-state index contributed by atoms with van der Waals surface area (Å²) in [5, 5.41) is 23.7. The number of hydrazone groups is 1. The number of nitrogens with one attached hydrogen (secondary N) is 1. The number of aliphatic hydroxyl groups is 1. The van der Waals surface area contributed by atoms with Gasteiger partial charge in [0, 0.05) is 0 Å². The Morgan fingerprint density at radius 2 is 1.91 bits per heavy atom. The molecular weight excluding hydrogens is 292 g/mol. The molecule has 3 N–H and O–H groups in total. The maximum absolute atomic E-state index is 12.8. The van der Waals surface area contributed by atoms with Gasteiger partial charge >= 0.3 is 0 Å². The lowest BCUT2D eigenvalue weighted by Crippen LogP contribution is -2.45. The minimum absolute atomic E-state index is 0.113. The number of carbonyl (C=O) groups is 1. The van der Waals surface area contributed by atoms with Crippen molar-refractivity contribution in [2.24, 2.45) is 21.3 Å². The molecule has 0 radical (unpaired) electrons. The topological polar surface area (TPSA) is 81.9 Å². The van der Waals surface area contributed by atoms with Gasteiger partial charge in [0.2, 0.25) is 5.91 Å². The van der Waals surface area contributed by atoms with Crippen molar-refractivity contribution in [2.75, 3.05) is 0 Å². The Bertz CT molecular complexity index is 653. The fourth-order valence-electron chi connectivity index (χ4n) is 4.46. The van der Waals surface area contributed by atoms with Crippen LogP contribution in [0.25, 0.3) is 0 Å². The number of fused-ring (bicyclic) bond motifs is 2. The molecule has 5 heteroatoms. The van der Waals surface area contributed by atoms with Crippen LogP contribution in [0.4, 0.5) is 0 Å². The number of aromatic hydroxyl groups is 1. The number of hydrogen-bond donors (Lipinski definition) is 3. The molecule has 0 aliphatic heterocycles. The second-order valence-electron chi connectivity index (χ2n) is 7.64. The molecule has 2 aliphatic rings. The number of phenolic OH excluding ortho intramolecular Hbond substituents is 1. The van der Waals surface area contributed by atoms with E-state index in [1.54, 1.807) is 30.5 Å². The Balaban J connectivity index is 1.75. The van der Waals surface area contributed by atoms with E-state index in [1.807, 2.05) is 0 Å². The van der Waals surface area contributed by atoms with Crippen LogP contribution in [0.2, 0.25) is 0 Å². The predicted octanol–water partition coefficient (Wildman–Crippen LogP) is 2.42. The van der Waals surface area contributed by atoms with Crippen molar-refractivity contribution in [3.63, 3.8) is 0 Å². The van der Waals surface area contributed by atoms with Gasteiger partial charge in [0.15, 0.2) is 0 Å². The first kappa shape index (κ1) is 16.0. The average molecular weight is 316 g/mol. The lowest BCUT2D eigenvalue weighted by atomic mass is 9.64. The molecule has 0 heterocycles. The van der Waals surface area contributed by atoms with Gasteiger partial charge in [-0.3, -0.25) is 4.79 Å². The van der Waals surface area contributed by atoms with Gasteiger partial charge in [-0.1, -0.05) is 20.8 Å². The number of nitrogens with zero attached hydrogens (tertiary/aromatic N) is 1. The molecule has 0 aromatic heterocycles. The maximum Gasteiger partial charge on any atom is 0.246 e. The molecule has 23 heavy (non-hydrogen) atoms. The van der Waals surface area contributed by atoms with Gasteiger partial charge in [0.25, 0.3) is 0 Å². The third-order valence-electron chi connectivity index (χ3n) is 6.68. The van der Waals surface area contributed by atoms with Gasteiger partial charge in [-0.25, -0.2) is 5.43 Å². The van der Waals surface area contributed by atoms with Crippen molar-refractivity contribution in [3.05, 3.63) is 29.8 Å². The lowest BCUT2D eigenvalue weighted by Gasteiger charge is -2.39. The normalized spacial score (nSPS) is 34.9. The Kier molecular flexibility index (Phi) is 3.52. The van der Waals surface area contributed by atoms with Crippen molar-refractivity contribution in [1.82, 2.24) is 5.43 Å². The van der Waals surface area contributed by atoms with E-state index in [0.717, 1.165) is 18.4 Å². The third kappa shape index (κ3) is 2.10. The summed E-state index contributed by atoms with van der Waals surface area (Å²) in [6.45, 7) is 6.25. The number of rotatable bonds is 3. The number of phenols is 1. The molecule has 2 bridgehead atoms. The lowest BCUT2D eigenvalue weighted by molar-refractivity contribution is -0.136. The van der Waals surface area contributed by atoms with E-state index in [4.69, 9.17) is 0 Å². The molecule has 1 amide bonds. The monoisotopic (exact) mass is 316 g/mol. The SMILES string of the molecule is CC1(C)[C@]2(C(=O)N/N=C\c3ccc(O)cc3)CC[C@@]1(C)[C@@H](O)C2. The van der Waals surface area contributed by atoms with Crippen LogP contribution in [0.5, 0.6) is 5.75 Å². The van der Waals surface area contributed by atoms with Crippen LogP contribution in [-0.4, -0.2) is 28.4 Å². The zero-order valence-electron chi connectivity index (χ0n) is 13.8. The summed E-state index contributed by atoms with van der Waals surface area (Å²) in [6.07, 6.45) is 3.25. The summed E-state index contributed by atoms with van der Waals surface area (Å²) in [7, 11) is 0. The highest BCUT2D eigenvalue weighted by molar-refractivity contribution is 5.87. The van der Waals surface area contributed by atoms with Crippen molar-refractivity contribution < 1.29 is 15.0 Å². The second-order valence-corrected chi connectivity index (χ2v) is 7.64. The van der Waals surface area contributed by atoms with Gasteiger partial charge in [0.05, 0.1) is 17.7 Å². The quantitative estimate of drug-likeness (QED) is 0.591. The molecule has 2 aliphatic carbocycles. The minimum Gasteiger partial charge on any atom is -0.508 e. The highest BCUT2D eigenvalue weighted by atomic mass is 16.3. The summed E-state index contributed by atoms with van der Waals surface area (Å²) in [6, 6.07) is 6.58. The zero-order valence-corrected chi connectivity index (χ0v) is 13.8. The van der Waals surface area contributed by atoms with Crippen LogP contribution in [0.1, 0.15) is 45.6 Å². The highest BCUT2D eigenvalue weighted by Crippen LogP contribution is 2.72. The second kappa shape index (κ2) is 5.06. The van der Waals surface area contributed by atoms with Crippen LogP contribution in [0.3, 0.4) is 0 Å². The summed E-state index contributed by atoms with van der Waals surface area (Å²) < 4.78 is 0. The third-order valence-corrected chi connectivity index (χ3v) is 6.68. The first-order valence-corrected chi connectivity index (χ1v) is 8.04. The average Bonchev–Trinajstić information content (AvgIpc) is 2.79. The molecule has 1 aromatic carbocycles. The molecule has 2 saturated carbocycles. The minimum atomic E-state index is -0.562. The van der Waals surface area contributed by atoms with Crippen molar-refractivity contribution in [3.8, 4) is 5.75 Å². The van der Waals surface area contributed by atoms with Gasteiger partial charge in [0.1, 0.15) is 5.75 Å². The van der Waals surface area contributed by atoms with Gasteiger partial charge in [-0.2, -0.15) is 5.10 Å². The number of benzene rings is 1. The van der Waals surface area contributed by atoms with Crippen molar-refractivity contribution in [2.45, 2.75) is 46.1 Å². The van der Waals surface area contributed by atoms with Crippen LogP contribution < -0.4 is 5.43 Å². The standard InChI is InChI=1S/C18H24N2O3/c1-16(2)17(3)8-9-18(16,10-14(17)22)15(23)20-19-11-12-4-6-13(21)7-5-12/h4-7,11,14,21-22H,8-10H2,1-3H3,(H,20,23)/b19-11-/t14-,17-,18+/m0/s1. The van der Waals surface area contributed by atoms with Crippen LogP contribution >= 0.6 is 0 Å². The van der Waals surface area contributed by atoms with Crippen molar-refractivity contribution in [1.29, 1.82) is 0 Å². The Labute approximate surface area is 136 Å². The van der Waals surface area contributed by atoms with Crippen LogP contribution in [0.15, 0.2) is 29.4 Å². The molecule has 2 fully saturated rings. The Morgan fingerprint density at radius 3 is 2.43 bits per heavy atom. The molecule has 0 unspecified atom stereocenters. The van der Waals surface area contributed by atoms with Gasteiger partial charge in [-0.15, -0.1) is 0 Å². The molecular formula is C18H24N2O3. The largest absolute Gasteiger partial charge is 0.508 e. The first-order chi connectivity index (χ1) is 10.7. The summed E-state index contributed by atoms with van der Waals surface area (Å²) in [5.74, 6) is 0.0785. The molecule has 0 spiro atoms. The fourth-order valence-corrected chi connectivity index (χ4v) is 4.46. The number of hydrogen-bond acceptors (Lipinski definition) is 4. The zero-order chi connectivity index (χ0) is 16.9. The maximum atomic E-state index is 12.8. The van der Waals surface area contributed by atoms with Gasteiger partial charge < -0.3 is 10.2 Å². The summed E-state index contributed by atoms with van der Waals surface area (Å²) in [4.78, 5) is 12.8. The van der Waals surface area contributed by atoms with E-state index >= 15 is 0 Å². The van der Waals surface area contributed by atoms with E-state index in [0.29, 0.717) is 6.42 Å². The van der Waals surface area contributed by atoms with Crippen LogP contribution in [-0.2, 0) is 4.79 Å². The van der Waals surface area contributed by atoms with E-state index in [-0.39, 0.29) is 22.5 Å². The fraction of sp³-hybridized carbons (Fsp3) is 0.556. The smallest absolute Gasteiger partial charge is 0.246 e. The molecule has 3 atom stereocenters.